The number of hydrogen-bond donors (Lipinski definition) is 1. The van der Waals surface area contributed by atoms with Gasteiger partial charge in [0.25, 0.3) is 0 Å². The number of aliphatic hydroxyl groups excluding tert-OH is 1. The first-order valence-electron chi connectivity index (χ1n) is 15.7. The molecule has 39 heavy (non-hydrogen) atoms. The molecule has 1 atom stereocenters. The second-order valence-electron chi connectivity index (χ2n) is 10.2. The highest BCUT2D eigenvalue weighted by Crippen LogP contribution is 2.11. The van der Waals surface area contributed by atoms with Gasteiger partial charge in [-0.1, -0.05) is 114 Å². The normalized spacial score (nSPS) is 12.8. The molecule has 0 heterocycles. The molecule has 1 N–H and O–H groups in total. The molecule has 0 saturated carbocycles. The van der Waals surface area contributed by atoms with Gasteiger partial charge in [-0.25, -0.2) is 0 Å². The van der Waals surface area contributed by atoms with E-state index in [1.54, 1.807) is 0 Å². The summed E-state index contributed by atoms with van der Waals surface area (Å²) in [5.74, 6) is -0.633. The first-order valence-corrected chi connectivity index (χ1v) is 15.7. The standard InChI is InChI=1S/C34H58O5/c1-3-5-7-9-11-13-15-17-19-20-22-24-26-28-33(36)38-31-32(30-35)39-34(37)29-27-25-23-21-18-16-14-12-10-8-6-4-2/h5,7,9,11-15,32,35H,3-4,6,8,10,16-31H2,1-2H3/b7-5+,11-9+,14-12+,15-13+. The monoisotopic (exact) mass is 546 g/mol. The molecule has 0 spiro atoms. The predicted molar refractivity (Wildman–Crippen MR) is 164 cm³/mol. The van der Waals surface area contributed by atoms with Gasteiger partial charge in [0.1, 0.15) is 6.61 Å². The minimum atomic E-state index is -0.781. The number of esters is 2. The molecule has 0 saturated heterocycles. The molecule has 0 aromatic heterocycles. The Labute approximate surface area is 239 Å². The largest absolute Gasteiger partial charge is 0.462 e. The van der Waals surface area contributed by atoms with Crippen molar-refractivity contribution < 1.29 is 24.2 Å². The maximum atomic E-state index is 12.1. The van der Waals surface area contributed by atoms with E-state index in [4.69, 9.17) is 9.47 Å². The average molecular weight is 547 g/mol. The van der Waals surface area contributed by atoms with Gasteiger partial charge >= 0.3 is 11.9 Å². The van der Waals surface area contributed by atoms with Crippen LogP contribution in [0.15, 0.2) is 48.6 Å². The van der Waals surface area contributed by atoms with E-state index in [0.29, 0.717) is 12.8 Å². The Hall–Kier alpha value is -2.14. The van der Waals surface area contributed by atoms with Crippen LogP contribution in [0.3, 0.4) is 0 Å². The van der Waals surface area contributed by atoms with Crippen LogP contribution in [-0.4, -0.2) is 36.4 Å². The zero-order valence-electron chi connectivity index (χ0n) is 25.1. The van der Waals surface area contributed by atoms with Crippen molar-refractivity contribution in [2.24, 2.45) is 0 Å². The summed E-state index contributed by atoms with van der Waals surface area (Å²) < 4.78 is 10.5. The van der Waals surface area contributed by atoms with Gasteiger partial charge in [0.15, 0.2) is 6.10 Å². The lowest BCUT2D eigenvalue weighted by molar-refractivity contribution is -0.161. The van der Waals surface area contributed by atoms with Crippen LogP contribution in [-0.2, 0) is 19.1 Å². The van der Waals surface area contributed by atoms with Crippen molar-refractivity contribution in [2.45, 2.75) is 142 Å². The molecule has 224 valence electrons. The average Bonchev–Trinajstić information content (AvgIpc) is 2.94. The summed E-state index contributed by atoms with van der Waals surface area (Å²) in [7, 11) is 0. The fourth-order valence-electron chi connectivity index (χ4n) is 4.02. The quantitative estimate of drug-likeness (QED) is 0.0481. The van der Waals surface area contributed by atoms with E-state index < -0.39 is 6.10 Å². The molecule has 0 fully saturated rings. The van der Waals surface area contributed by atoms with Gasteiger partial charge in [-0.3, -0.25) is 9.59 Å². The van der Waals surface area contributed by atoms with E-state index in [2.05, 4.69) is 56.4 Å². The highest BCUT2D eigenvalue weighted by Gasteiger charge is 2.16. The SMILES string of the molecule is CC/C=C/C=C/C=C/CCCCCCCC(=O)OCC(CO)OC(=O)CCCCCCC/C=C/CCCCC. The second kappa shape index (κ2) is 30.4. The van der Waals surface area contributed by atoms with Gasteiger partial charge in [0, 0.05) is 12.8 Å². The highest BCUT2D eigenvalue weighted by molar-refractivity contribution is 5.70. The van der Waals surface area contributed by atoms with E-state index in [-0.39, 0.29) is 25.2 Å². The summed E-state index contributed by atoms with van der Waals surface area (Å²) in [5.41, 5.74) is 0. The van der Waals surface area contributed by atoms with Gasteiger partial charge < -0.3 is 14.6 Å². The molecule has 0 aliphatic heterocycles. The number of carbonyl (C=O) groups excluding carboxylic acids is 2. The third-order valence-electron chi connectivity index (χ3n) is 6.42. The van der Waals surface area contributed by atoms with Gasteiger partial charge in [0.2, 0.25) is 0 Å². The molecule has 5 nitrogen and oxygen atoms in total. The van der Waals surface area contributed by atoms with Crippen LogP contribution >= 0.6 is 0 Å². The maximum absolute atomic E-state index is 12.1. The minimum Gasteiger partial charge on any atom is -0.462 e. The first-order chi connectivity index (χ1) is 19.1. The van der Waals surface area contributed by atoms with Gasteiger partial charge in [0.05, 0.1) is 6.61 Å². The molecular formula is C34H58O5. The summed E-state index contributed by atoms with van der Waals surface area (Å²) in [4.78, 5) is 24.0. The lowest BCUT2D eigenvalue weighted by atomic mass is 10.1. The highest BCUT2D eigenvalue weighted by atomic mass is 16.6. The van der Waals surface area contributed by atoms with E-state index in [0.717, 1.165) is 70.6 Å². The van der Waals surface area contributed by atoms with E-state index in [9.17, 15) is 14.7 Å². The van der Waals surface area contributed by atoms with Crippen LogP contribution in [0.5, 0.6) is 0 Å². The van der Waals surface area contributed by atoms with Crippen molar-refractivity contribution in [2.75, 3.05) is 13.2 Å². The molecule has 0 amide bonds. The van der Waals surface area contributed by atoms with Crippen LogP contribution in [0.1, 0.15) is 136 Å². The zero-order chi connectivity index (χ0) is 28.7. The van der Waals surface area contributed by atoms with E-state index in [1.165, 1.54) is 38.5 Å². The summed E-state index contributed by atoms with van der Waals surface area (Å²) in [6.07, 6.45) is 35.9. The van der Waals surface area contributed by atoms with Crippen molar-refractivity contribution in [3.63, 3.8) is 0 Å². The number of ether oxygens (including phenoxy) is 2. The predicted octanol–water partition coefficient (Wildman–Crippen LogP) is 9.11. The number of carbonyl (C=O) groups is 2. The number of rotatable bonds is 27. The summed E-state index contributed by atoms with van der Waals surface area (Å²) in [6.45, 7) is 3.92. The molecule has 0 radical (unpaired) electrons. The molecule has 5 heteroatoms. The lowest BCUT2D eigenvalue weighted by Crippen LogP contribution is -2.28. The molecule has 0 aromatic carbocycles. The second-order valence-corrected chi connectivity index (χ2v) is 10.2. The Morgan fingerprint density at radius 2 is 1.13 bits per heavy atom. The van der Waals surface area contributed by atoms with Crippen LogP contribution < -0.4 is 0 Å². The Morgan fingerprint density at radius 3 is 1.72 bits per heavy atom. The molecule has 0 aliphatic carbocycles. The number of aliphatic hydroxyl groups is 1. The molecular weight excluding hydrogens is 488 g/mol. The van der Waals surface area contributed by atoms with Crippen LogP contribution in [0.25, 0.3) is 0 Å². The first kappa shape index (κ1) is 36.9. The van der Waals surface area contributed by atoms with Gasteiger partial charge in [-0.05, 0) is 57.8 Å². The molecule has 0 rings (SSSR count). The fourth-order valence-corrected chi connectivity index (χ4v) is 4.02. The van der Waals surface area contributed by atoms with Gasteiger partial charge in [-0.15, -0.1) is 0 Å². The lowest BCUT2D eigenvalue weighted by Gasteiger charge is -2.15. The molecule has 0 aromatic rings. The maximum Gasteiger partial charge on any atom is 0.306 e. The molecule has 0 aliphatic rings. The summed E-state index contributed by atoms with van der Waals surface area (Å²) in [5, 5.41) is 9.47. The topological polar surface area (TPSA) is 72.8 Å². The molecule has 0 bridgehead atoms. The minimum absolute atomic E-state index is 0.0813. The Morgan fingerprint density at radius 1 is 0.615 bits per heavy atom. The van der Waals surface area contributed by atoms with Crippen LogP contribution in [0, 0.1) is 0 Å². The van der Waals surface area contributed by atoms with Crippen molar-refractivity contribution >= 4 is 11.9 Å². The summed E-state index contributed by atoms with van der Waals surface area (Å²) >= 11 is 0. The van der Waals surface area contributed by atoms with Crippen molar-refractivity contribution in [1.29, 1.82) is 0 Å². The third kappa shape index (κ3) is 28.7. The Kier molecular flexibility index (Phi) is 28.7. The smallest absolute Gasteiger partial charge is 0.306 e. The van der Waals surface area contributed by atoms with Crippen molar-refractivity contribution in [3.05, 3.63) is 48.6 Å². The number of hydrogen-bond acceptors (Lipinski definition) is 5. The Balaban J connectivity index is 3.66. The fraction of sp³-hybridized carbons (Fsp3) is 0.706. The number of unbranched alkanes of at least 4 members (excludes halogenated alkanes) is 13. The molecule has 1 unspecified atom stereocenters. The van der Waals surface area contributed by atoms with Crippen LogP contribution in [0.4, 0.5) is 0 Å². The van der Waals surface area contributed by atoms with E-state index >= 15 is 0 Å². The van der Waals surface area contributed by atoms with E-state index in [1.807, 2.05) is 6.08 Å². The van der Waals surface area contributed by atoms with Crippen molar-refractivity contribution in [3.8, 4) is 0 Å². The third-order valence-corrected chi connectivity index (χ3v) is 6.42. The van der Waals surface area contributed by atoms with Gasteiger partial charge in [-0.2, -0.15) is 0 Å². The Bertz CT molecular complexity index is 677. The zero-order valence-corrected chi connectivity index (χ0v) is 25.1. The number of allylic oxidation sites excluding steroid dienone is 8. The summed E-state index contributed by atoms with van der Waals surface area (Å²) in [6, 6.07) is 0. The van der Waals surface area contributed by atoms with Crippen molar-refractivity contribution in [1.82, 2.24) is 0 Å². The van der Waals surface area contributed by atoms with Crippen LogP contribution in [0.2, 0.25) is 0 Å².